The molecular formula is C42H33ClN4O3. The average molecular weight is 677 g/mol. The minimum absolute atomic E-state index is 0.0941. The van der Waals surface area contributed by atoms with Gasteiger partial charge >= 0.3 is 11.9 Å². The number of hydrogen-bond donors (Lipinski definition) is 0. The number of para-hydroxylation sites is 3. The van der Waals surface area contributed by atoms with Crippen LogP contribution in [0.3, 0.4) is 0 Å². The second-order valence-corrected chi connectivity index (χ2v) is 13.1. The van der Waals surface area contributed by atoms with Crippen molar-refractivity contribution in [3.8, 4) is 0 Å². The molecule has 8 aromatic rings. The molecule has 0 aliphatic carbocycles. The zero-order chi connectivity index (χ0) is 34.4. The second-order valence-electron chi connectivity index (χ2n) is 12.7. The summed E-state index contributed by atoms with van der Waals surface area (Å²) in [5.41, 5.74) is 9.40. The molecule has 0 radical (unpaired) electrons. The first-order valence-electron chi connectivity index (χ1n) is 16.6. The lowest BCUT2D eigenvalue weighted by atomic mass is 10.0. The fourth-order valence-corrected chi connectivity index (χ4v) is 7.28. The first-order chi connectivity index (χ1) is 24.3. The van der Waals surface area contributed by atoms with Crippen molar-refractivity contribution in [3.05, 3.63) is 154 Å². The van der Waals surface area contributed by atoms with Gasteiger partial charge in [-0.1, -0.05) is 78.3 Å². The summed E-state index contributed by atoms with van der Waals surface area (Å²) < 4.78 is 9.29. The Labute approximate surface area is 293 Å². The summed E-state index contributed by atoms with van der Waals surface area (Å²) in [6, 6.07) is 37.9. The maximum Gasteiger partial charge on any atom is 0.333 e. The molecule has 0 saturated heterocycles. The predicted molar refractivity (Wildman–Crippen MR) is 199 cm³/mol. The van der Waals surface area contributed by atoms with Gasteiger partial charge in [0, 0.05) is 73.2 Å². The standard InChI is InChI=1S/C42H33ClN4O3/c1-26-34(22-31-18-15-28-9-3-6-12-37(28)44-31)33-11-5-8-14-39(33)46(26)24-41(48)50-42(49)25-47-27(2)35(36-21-30(43)17-20-40(36)47)23-32-19-16-29-10-4-7-13-38(29)45-32/h3-21H,22-25H2,1-2H3. The van der Waals surface area contributed by atoms with E-state index in [1.54, 1.807) is 6.07 Å². The van der Waals surface area contributed by atoms with E-state index in [1.165, 1.54) is 0 Å². The third-order valence-electron chi connectivity index (χ3n) is 9.61. The number of hydrogen-bond acceptors (Lipinski definition) is 5. The number of pyridine rings is 2. The van der Waals surface area contributed by atoms with Gasteiger partial charge < -0.3 is 13.9 Å². The number of benzene rings is 4. The molecule has 0 amide bonds. The van der Waals surface area contributed by atoms with E-state index in [1.807, 2.05) is 108 Å². The van der Waals surface area contributed by atoms with Crippen LogP contribution in [0.1, 0.15) is 33.9 Å². The van der Waals surface area contributed by atoms with Crippen molar-refractivity contribution in [2.45, 2.75) is 39.8 Å². The van der Waals surface area contributed by atoms with Crippen LogP contribution in [0.15, 0.2) is 115 Å². The van der Waals surface area contributed by atoms with Gasteiger partial charge in [0.25, 0.3) is 0 Å². The molecule has 0 spiro atoms. The van der Waals surface area contributed by atoms with E-state index in [4.69, 9.17) is 26.3 Å². The number of esters is 2. The first kappa shape index (κ1) is 31.5. The maximum atomic E-state index is 13.4. The quantitative estimate of drug-likeness (QED) is 0.119. The van der Waals surface area contributed by atoms with Gasteiger partial charge in [0.15, 0.2) is 0 Å². The molecule has 0 N–H and O–H groups in total. The Bertz CT molecular complexity index is 2620. The lowest BCUT2D eigenvalue weighted by Gasteiger charge is -2.11. The zero-order valence-corrected chi connectivity index (χ0v) is 28.4. The molecule has 0 atom stereocenters. The minimum Gasteiger partial charge on any atom is -0.390 e. The van der Waals surface area contributed by atoms with E-state index in [0.29, 0.717) is 17.9 Å². The predicted octanol–water partition coefficient (Wildman–Crippen LogP) is 8.91. The molecular weight excluding hydrogens is 644 g/mol. The van der Waals surface area contributed by atoms with E-state index < -0.39 is 11.9 Å². The number of fused-ring (bicyclic) bond motifs is 4. The van der Waals surface area contributed by atoms with Gasteiger partial charge in [0.1, 0.15) is 13.1 Å². The third-order valence-corrected chi connectivity index (χ3v) is 9.84. The number of halogens is 1. The van der Waals surface area contributed by atoms with Crippen molar-refractivity contribution in [1.29, 1.82) is 0 Å². The molecule has 246 valence electrons. The first-order valence-corrected chi connectivity index (χ1v) is 17.0. The molecule has 4 aromatic carbocycles. The van der Waals surface area contributed by atoms with E-state index >= 15 is 0 Å². The Morgan fingerprint density at radius 3 is 1.70 bits per heavy atom. The Balaban J connectivity index is 1.03. The summed E-state index contributed by atoms with van der Waals surface area (Å²) in [7, 11) is 0. The molecule has 8 rings (SSSR count). The van der Waals surface area contributed by atoms with Crippen molar-refractivity contribution in [2.75, 3.05) is 0 Å². The molecule has 50 heavy (non-hydrogen) atoms. The highest BCUT2D eigenvalue weighted by atomic mass is 35.5. The summed E-state index contributed by atoms with van der Waals surface area (Å²) in [6.07, 6.45) is 1.17. The van der Waals surface area contributed by atoms with Crippen LogP contribution in [0, 0.1) is 13.8 Å². The van der Waals surface area contributed by atoms with Crippen molar-refractivity contribution < 1.29 is 14.3 Å². The van der Waals surface area contributed by atoms with Crippen molar-refractivity contribution in [2.24, 2.45) is 0 Å². The second kappa shape index (κ2) is 12.9. The highest BCUT2D eigenvalue weighted by molar-refractivity contribution is 6.31. The number of carbonyl (C=O) groups is 2. The third kappa shape index (κ3) is 5.90. The lowest BCUT2D eigenvalue weighted by Crippen LogP contribution is -2.22. The van der Waals surface area contributed by atoms with E-state index in [0.717, 1.165) is 77.5 Å². The molecule has 0 bridgehead atoms. The van der Waals surface area contributed by atoms with Crippen LogP contribution in [-0.2, 0) is 40.3 Å². The number of ether oxygens (including phenoxy) is 1. The monoisotopic (exact) mass is 676 g/mol. The smallest absolute Gasteiger partial charge is 0.333 e. The molecule has 8 heteroatoms. The van der Waals surface area contributed by atoms with E-state index in [9.17, 15) is 9.59 Å². The Morgan fingerprint density at radius 2 is 1.10 bits per heavy atom. The van der Waals surface area contributed by atoms with Gasteiger partial charge in [-0.3, -0.25) is 9.97 Å². The SMILES string of the molecule is Cc1c(Cc2ccc3ccccc3n2)c2ccccc2n1CC(=O)OC(=O)Cn1c(C)c(Cc2ccc3ccccc3n2)c2cc(Cl)ccc21. The van der Waals surface area contributed by atoms with Crippen LogP contribution < -0.4 is 0 Å². The summed E-state index contributed by atoms with van der Waals surface area (Å²) in [5.74, 6) is -1.25. The minimum atomic E-state index is -0.630. The highest BCUT2D eigenvalue weighted by Crippen LogP contribution is 2.31. The number of carbonyl (C=O) groups excluding carboxylic acids is 2. The number of aromatic nitrogens is 4. The zero-order valence-electron chi connectivity index (χ0n) is 27.7. The van der Waals surface area contributed by atoms with Crippen LogP contribution in [0.5, 0.6) is 0 Å². The molecule has 0 unspecified atom stereocenters. The number of nitrogens with zero attached hydrogens (tertiary/aromatic N) is 4. The Morgan fingerprint density at radius 1 is 0.600 bits per heavy atom. The fraction of sp³-hybridized carbons (Fsp3) is 0.143. The topological polar surface area (TPSA) is 79.0 Å². The molecule has 0 fully saturated rings. The molecule has 0 saturated carbocycles. The van der Waals surface area contributed by atoms with E-state index in [-0.39, 0.29) is 13.1 Å². The van der Waals surface area contributed by atoms with Crippen LogP contribution in [0.2, 0.25) is 5.02 Å². The van der Waals surface area contributed by atoms with Gasteiger partial charge in [-0.15, -0.1) is 0 Å². The van der Waals surface area contributed by atoms with Crippen molar-refractivity contribution in [1.82, 2.24) is 19.1 Å². The molecule has 4 aromatic heterocycles. The van der Waals surface area contributed by atoms with Crippen molar-refractivity contribution >= 4 is 67.2 Å². The van der Waals surface area contributed by atoms with Gasteiger partial charge in [0.05, 0.1) is 11.0 Å². The van der Waals surface area contributed by atoms with Gasteiger partial charge in [-0.25, -0.2) is 9.59 Å². The van der Waals surface area contributed by atoms with Gasteiger partial charge in [0.2, 0.25) is 0 Å². The Kier molecular flexibility index (Phi) is 8.13. The fourth-order valence-electron chi connectivity index (χ4n) is 7.11. The summed E-state index contributed by atoms with van der Waals surface area (Å²) in [5, 5.41) is 4.75. The van der Waals surface area contributed by atoms with Crippen LogP contribution in [0.4, 0.5) is 0 Å². The van der Waals surface area contributed by atoms with Crippen LogP contribution >= 0.6 is 11.6 Å². The summed E-state index contributed by atoms with van der Waals surface area (Å²) in [6.45, 7) is 3.76. The maximum absolute atomic E-state index is 13.4. The molecule has 0 aliphatic rings. The average Bonchev–Trinajstić information content (AvgIpc) is 3.52. The van der Waals surface area contributed by atoms with E-state index in [2.05, 4.69) is 24.3 Å². The normalized spacial score (nSPS) is 11.6. The highest BCUT2D eigenvalue weighted by Gasteiger charge is 2.22. The molecule has 0 aliphatic heterocycles. The van der Waals surface area contributed by atoms with Crippen LogP contribution in [0.25, 0.3) is 43.6 Å². The largest absolute Gasteiger partial charge is 0.390 e. The lowest BCUT2D eigenvalue weighted by molar-refractivity contribution is -0.160. The van der Waals surface area contributed by atoms with Crippen LogP contribution in [-0.4, -0.2) is 31.0 Å². The molecule has 4 heterocycles. The number of rotatable bonds is 8. The Hall–Kier alpha value is -5.79. The molecule has 7 nitrogen and oxygen atoms in total. The summed E-state index contributed by atoms with van der Waals surface area (Å²) >= 11 is 6.44. The van der Waals surface area contributed by atoms with Gasteiger partial charge in [-0.2, -0.15) is 0 Å². The van der Waals surface area contributed by atoms with Gasteiger partial charge in [-0.05, 0) is 73.5 Å². The summed E-state index contributed by atoms with van der Waals surface area (Å²) in [4.78, 5) is 36.5. The van der Waals surface area contributed by atoms with Crippen molar-refractivity contribution in [3.63, 3.8) is 0 Å².